The van der Waals surface area contributed by atoms with Crippen LogP contribution >= 0.6 is 0 Å². The predicted molar refractivity (Wildman–Crippen MR) is 121 cm³/mol. The molecule has 0 bridgehead atoms. The lowest BCUT2D eigenvalue weighted by Gasteiger charge is -2.59. The Balaban J connectivity index is 1.58. The van der Waals surface area contributed by atoms with E-state index in [0.717, 1.165) is 24.7 Å². The van der Waals surface area contributed by atoms with E-state index < -0.39 is 20.5 Å². The number of fused-ring (bicyclic) bond motifs is 5. The van der Waals surface area contributed by atoms with Gasteiger partial charge in [-0.3, -0.25) is 0 Å². The summed E-state index contributed by atoms with van der Waals surface area (Å²) in [5.41, 5.74) is 1.80. The number of hydrogen-bond acceptors (Lipinski definition) is 3. The number of hydrogen-bond donors (Lipinski definition) is 2. The largest absolute Gasteiger partial charge is 0.413 e. The van der Waals surface area contributed by atoms with Crippen molar-refractivity contribution >= 4 is 8.32 Å². The fourth-order valence-corrected chi connectivity index (χ4v) is 8.89. The number of aliphatic hydroxyl groups is 2. The summed E-state index contributed by atoms with van der Waals surface area (Å²) in [6.45, 7) is 16.8. The lowest BCUT2D eigenvalue weighted by molar-refractivity contribution is -0.0892. The Kier molecular flexibility index (Phi) is 5.26. The molecule has 2 N–H and O–H groups in total. The lowest BCUT2D eigenvalue weighted by atomic mass is 9.47. The van der Waals surface area contributed by atoms with E-state index in [2.05, 4.69) is 47.7 Å². The van der Waals surface area contributed by atoms with Crippen LogP contribution in [-0.4, -0.2) is 36.8 Å². The molecular formula is C25H44O3Si. The highest BCUT2D eigenvalue weighted by molar-refractivity contribution is 6.74. The van der Waals surface area contributed by atoms with Crippen molar-refractivity contribution in [1.29, 1.82) is 0 Å². The zero-order valence-electron chi connectivity index (χ0n) is 19.8. The van der Waals surface area contributed by atoms with Gasteiger partial charge in [-0.2, -0.15) is 0 Å². The van der Waals surface area contributed by atoms with E-state index in [1.807, 2.05) is 6.08 Å². The summed E-state index contributed by atoms with van der Waals surface area (Å²) in [4.78, 5) is 0. The summed E-state index contributed by atoms with van der Waals surface area (Å²) in [6.07, 6.45) is 9.23. The Labute approximate surface area is 179 Å². The summed E-state index contributed by atoms with van der Waals surface area (Å²) < 4.78 is 7.03. The molecule has 0 amide bonds. The minimum Gasteiger partial charge on any atom is -0.413 e. The Bertz CT molecular complexity index is 680. The van der Waals surface area contributed by atoms with Gasteiger partial charge in [-0.25, -0.2) is 0 Å². The third-order valence-corrected chi connectivity index (χ3v) is 14.8. The van der Waals surface area contributed by atoms with Crippen LogP contribution in [-0.2, 0) is 4.43 Å². The Morgan fingerprint density at radius 3 is 2.38 bits per heavy atom. The Hall–Kier alpha value is -0.163. The van der Waals surface area contributed by atoms with Crippen molar-refractivity contribution in [2.24, 2.45) is 28.6 Å². The molecule has 4 rings (SSSR count). The second-order valence-corrected chi connectivity index (χ2v) is 17.5. The lowest BCUT2D eigenvalue weighted by Crippen LogP contribution is -2.55. The van der Waals surface area contributed by atoms with Gasteiger partial charge in [0.05, 0.1) is 18.3 Å². The van der Waals surface area contributed by atoms with Gasteiger partial charge in [-0.1, -0.05) is 46.3 Å². The SMILES string of the molecule is CC(C)(C)[Si](C)(C)O[C@H]1CC[C@H]2[C@@H]3CCC4=CC(O)C(O)C[C@]4(C)[C@H]3CC[C@]12C. The van der Waals surface area contributed by atoms with E-state index in [0.29, 0.717) is 17.4 Å². The molecule has 29 heavy (non-hydrogen) atoms. The van der Waals surface area contributed by atoms with Crippen molar-refractivity contribution in [2.45, 2.75) is 116 Å². The molecule has 4 aliphatic carbocycles. The molecule has 166 valence electrons. The minimum absolute atomic E-state index is 0.0707. The van der Waals surface area contributed by atoms with Crippen LogP contribution in [0.3, 0.4) is 0 Å². The van der Waals surface area contributed by atoms with Gasteiger partial charge in [0.2, 0.25) is 0 Å². The van der Waals surface area contributed by atoms with Crippen LogP contribution < -0.4 is 0 Å². The van der Waals surface area contributed by atoms with Crippen LogP contribution in [0.25, 0.3) is 0 Å². The van der Waals surface area contributed by atoms with Crippen LogP contribution in [0.2, 0.25) is 18.1 Å². The molecule has 0 aliphatic heterocycles. The van der Waals surface area contributed by atoms with Crippen molar-refractivity contribution in [3.8, 4) is 0 Å². The summed E-state index contributed by atoms with van der Waals surface area (Å²) in [6, 6.07) is 0. The first-order valence-electron chi connectivity index (χ1n) is 12.0. The molecule has 0 heterocycles. The smallest absolute Gasteiger partial charge is 0.192 e. The fraction of sp³-hybridized carbons (Fsp3) is 0.920. The van der Waals surface area contributed by atoms with E-state index in [-0.39, 0.29) is 10.5 Å². The first-order valence-corrected chi connectivity index (χ1v) is 15.0. The van der Waals surface area contributed by atoms with E-state index in [1.165, 1.54) is 37.7 Å². The van der Waals surface area contributed by atoms with Crippen LogP contribution in [0.5, 0.6) is 0 Å². The third-order valence-electron chi connectivity index (χ3n) is 10.3. The number of allylic oxidation sites excluding steroid dienone is 1. The molecule has 4 heteroatoms. The molecule has 0 aromatic rings. The van der Waals surface area contributed by atoms with Gasteiger partial charge < -0.3 is 14.6 Å². The maximum atomic E-state index is 10.4. The van der Waals surface area contributed by atoms with Crippen molar-refractivity contribution in [1.82, 2.24) is 0 Å². The van der Waals surface area contributed by atoms with E-state index in [4.69, 9.17) is 4.43 Å². The Morgan fingerprint density at radius 2 is 1.72 bits per heavy atom. The molecule has 0 aromatic heterocycles. The molecular weight excluding hydrogens is 376 g/mol. The molecule has 8 atom stereocenters. The normalized spacial score (nSPS) is 47.8. The predicted octanol–water partition coefficient (Wildman–Crippen LogP) is 5.67. The zero-order chi connectivity index (χ0) is 21.4. The van der Waals surface area contributed by atoms with Crippen LogP contribution in [0.1, 0.15) is 79.6 Å². The molecule has 0 aromatic carbocycles. The second-order valence-electron chi connectivity index (χ2n) is 12.8. The molecule has 3 fully saturated rings. The molecule has 3 saturated carbocycles. The van der Waals surface area contributed by atoms with Crippen LogP contribution in [0, 0.1) is 28.6 Å². The quantitative estimate of drug-likeness (QED) is 0.447. The van der Waals surface area contributed by atoms with Gasteiger partial charge in [-0.05, 0) is 91.7 Å². The summed E-state index contributed by atoms with van der Waals surface area (Å²) in [5.74, 6) is 2.14. The monoisotopic (exact) mass is 420 g/mol. The molecule has 2 unspecified atom stereocenters. The second kappa shape index (κ2) is 6.92. The Morgan fingerprint density at radius 1 is 1.03 bits per heavy atom. The molecule has 3 nitrogen and oxygen atoms in total. The van der Waals surface area contributed by atoms with Gasteiger partial charge in [0, 0.05) is 0 Å². The first kappa shape index (κ1) is 22.0. The third kappa shape index (κ3) is 3.32. The van der Waals surface area contributed by atoms with Crippen molar-refractivity contribution in [2.75, 3.05) is 0 Å². The highest BCUT2D eigenvalue weighted by Crippen LogP contribution is 2.66. The molecule has 4 aliphatic rings. The van der Waals surface area contributed by atoms with Crippen LogP contribution in [0.4, 0.5) is 0 Å². The van der Waals surface area contributed by atoms with Gasteiger partial charge in [0.15, 0.2) is 8.32 Å². The minimum atomic E-state index is -1.77. The van der Waals surface area contributed by atoms with E-state index in [9.17, 15) is 10.2 Å². The van der Waals surface area contributed by atoms with Crippen molar-refractivity contribution in [3.63, 3.8) is 0 Å². The maximum Gasteiger partial charge on any atom is 0.192 e. The highest BCUT2D eigenvalue weighted by Gasteiger charge is 2.60. The number of aliphatic hydroxyl groups excluding tert-OH is 2. The highest BCUT2D eigenvalue weighted by atomic mass is 28.4. The van der Waals surface area contributed by atoms with E-state index in [1.54, 1.807) is 0 Å². The number of rotatable bonds is 2. The average Bonchev–Trinajstić information content (AvgIpc) is 2.91. The molecule has 0 saturated heterocycles. The average molecular weight is 421 g/mol. The van der Waals surface area contributed by atoms with Gasteiger partial charge in [0.25, 0.3) is 0 Å². The van der Waals surface area contributed by atoms with Crippen LogP contribution in [0.15, 0.2) is 11.6 Å². The van der Waals surface area contributed by atoms with Gasteiger partial charge >= 0.3 is 0 Å². The zero-order valence-corrected chi connectivity index (χ0v) is 20.8. The summed E-state index contributed by atoms with van der Waals surface area (Å²) in [7, 11) is -1.77. The van der Waals surface area contributed by atoms with Crippen molar-refractivity contribution < 1.29 is 14.6 Å². The summed E-state index contributed by atoms with van der Waals surface area (Å²) >= 11 is 0. The summed E-state index contributed by atoms with van der Waals surface area (Å²) in [5, 5.41) is 20.9. The standard InChI is InChI=1S/C25H44O3Si/c1-23(2,3)29(6,7)28-22-11-10-18-17-9-8-16-14-20(26)21(27)15-25(16,5)19(17)12-13-24(18,22)4/h14,17-22,26-27H,8-13,15H2,1-7H3/t17-,18-,19-,20?,21?,22-,24-,25-/m0/s1. The topological polar surface area (TPSA) is 49.7 Å². The maximum absolute atomic E-state index is 10.4. The molecule has 0 spiro atoms. The first-order chi connectivity index (χ1) is 13.3. The fourth-order valence-electron chi connectivity index (χ4n) is 7.43. The van der Waals surface area contributed by atoms with E-state index >= 15 is 0 Å². The van der Waals surface area contributed by atoms with Crippen molar-refractivity contribution in [3.05, 3.63) is 11.6 Å². The molecule has 0 radical (unpaired) electrons. The van der Waals surface area contributed by atoms with Gasteiger partial charge in [0.1, 0.15) is 0 Å². The van der Waals surface area contributed by atoms with Gasteiger partial charge in [-0.15, -0.1) is 0 Å².